The minimum absolute atomic E-state index is 0.0245. The van der Waals surface area contributed by atoms with Crippen molar-refractivity contribution in [2.75, 3.05) is 7.11 Å². The monoisotopic (exact) mass is 399 g/mol. The largest absolute Gasteiger partial charge is 0.467 e. The summed E-state index contributed by atoms with van der Waals surface area (Å²) in [7, 11) is 1.20. The molecule has 1 fully saturated rings. The molecule has 0 saturated carbocycles. The fraction of sp³-hybridized carbons (Fsp3) is 0.200. The van der Waals surface area contributed by atoms with Gasteiger partial charge in [-0.25, -0.2) is 4.79 Å². The van der Waals surface area contributed by atoms with Crippen molar-refractivity contribution in [2.45, 2.75) is 19.9 Å². The van der Waals surface area contributed by atoms with Crippen molar-refractivity contribution in [1.29, 1.82) is 0 Å². The second-order valence-corrected chi connectivity index (χ2v) is 7.08. The van der Waals surface area contributed by atoms with Crippen LogP contribution in [0.2, 0.25) is 0 Å². The Bertz CT molecular complexity index is 988. The maximum Gasteiger partial charge on any atom is 0.328 e. The van der Waals surface area contributed by atoms with Gasteiger partial charge in [-0.3, -0.25) is 19.3 Å². The van der Waals surface area contributed by atoms with E-state index in [-0.39, 0.29) is 10.7 Å². The van der Waals surface area contributed by atoms with Gasteiger partial charge in [-0.2, -0.15) is 0 Å². The van der Waals surface area contributed by atoms with Crippen LogP contribution in [0.15, 0.2) is 45.7 Å². The number of hydrogen-bond acceptors (Lipinski definition) is 7. The molecular formula is C20H17NO6S. The van der Waals surface area contributed by atoms with Crippen LogP contribution in [-0.4, -0.2) is 41.0 Å². The van der Waals surface area contributed by atoms with Gasteiger partial charge in [0, 0.05) is 17.2 Å². The minimum Gasteiger partial charge on any atom is -0.467 e. The van der Waals surface area contributed by atoms with E-state index in [0.717, 1.165) is 22.2 Å². The third-order valence-corrected chi connectivity index (χ3v) is 5.11. The first-order chi connectivity index (χ1) is 13.3. The number of rotatable bonds is 5. The summed E-state index contributed by atoms with van der Waals surface area (Å²) in [5, 5.41) is -0.541. The Kier molecular flexibility index (Phi) is 5.51. The molecule has 1 aromatic carbocycles. The van der Waals surface area contributed by atoms with Crippen LogP contribution in [0.25, 0.3) is 17.4 Å². The number of amides is 2. The molecule has 1 aromatic heterocycles. The molecule has 28 heavy (non-hydrogen) atoms. The number of nitrogens with zero attached hydrogens (tertiary/aromatic N) is 1. The third-order valence-electron chi connectivity index (χ3n) is 4.23. The fourth-order valence-corrected chi connectivity index (χ4v) is 3.56. The Morgan fingerprint density at radius 3 is 2.43 bits per heavy atom. The summed E-state index contributed by atoms with van der Waals surface area (Å²) in [6.45, 7) is 2.93. The zero-order chi connectivity index (χ0) is 20.4. The number of furan rings is 1. The molecule has 2 amide bonds. The third kappa shape index (κ3) is 3.77. The molecule has 3 rings (SSSR count). The first-order valence-electron chi connectivity index (χ1n) is 8.38. The number of benzene rings is 1. The minimum atomic E-state index is -1.00. The van der Waals surface area contributed by atoms with Crippen molar-refractivity contribution < 1.29 is 28.3 Å². The molecule has 2 heterocycles. The van der Waals surface area contributed by atoms with E-state index in [0.29, 0.717) is 17.1 Å². The van der Waals surface area contributed by atoms with Gasteiger partial charge < -0.3 is 9.15 Å². The summed E-state index contributed by atoms with van der Waals surface area (Å²) in [5.41, 5.74) is 1.38. The van der Waals surface area contributed by atoms with Crippen molar-refractivity contribution in [2.24, 2.45) is 0 Å². The van der Waals surface area contributed by atoms with Gasteiger partial charge in [-0.1, -0.05) is 24.3 Å². The number of esters is 1. The highest BCUT2D eigenvalue weighted by atomic mass is 32.2. The number of carbonyl (C=O) groups excluding carboxylic acids is 4. The Morgan fingerprint density at radius 2 is 1.82 bits per heavy atom. The number of hydrogen-bond donors (Lipinski definition) is 0. The summed E-state index contributed by atoms with van der Waals surface area (Å²) < 4.78 is 10.3. The summed E-state index contributed by atoms with van der Waals surface area (Å²) in [6.07, 6.45) is 1.46. The number of Topliss-reactive ketones (excluding diaryl/α,β-unsaturated/α-hetero) is 1. The molecule has 1 atom stereocenters. The molecule has 0 radical (unpaired) electrons. The summed E-state index contributed by atoms with van der Waals surface area (Å²) in [4.78, 5) is 48.6. The van der Waals surface area contributed by atoms with E-state index in [1.807, 2.05) is 0 Å². The Balaban J connectivity index is 1.81. The average Bonchev–Trinajstić information content (AvgIpc) is 3.25. The average molecular weight is 399 g/mol. The molecule has 0 unspecified atom stereocenters. The zero-order valence-corrected chi connectivity index (χ0v) is 16.2. The number of imide groups is 1. The lowest BCUT2D eigenvalue weighted by Gasteiger charge is -2.18. The smallest absolute Gasteiger partial charge is 0.328 e. The van der Waals surface area contributed by atoms with Gasteiger partial charge >= 0.3 is 5.97 Å². The molecule has 0 spiro atoms. The molecule has 0 bridgehead atoms. The lowest BCUT2D eigenvalue weighted by molar-refractivity contribution is -0.148. The van der Waals surface area contributed by atoms with Gasteiger partial charge in [0.1, 0.15) is 17.6 Å². The Labute approximate surface area is 165 Å². The number of methoxy groups -OCH3 is 1. The van der Waals surface area contributed by atoms with Crippen LogP contribution in [0.3, 0.4) is 0 Å². The van der Waals surface area contributed by atoms with Crippen molar-refractivity contribution in [3.8, 4) is 11.3 Å². The number of thioether (sulfide) groups is 1. The summed E-state index contributed by atoms with van der Waals surface area (Å²) >= 11 is 0.736. The summed E-state index contributed by atoms with van der Waals surface area (Å²) in [5.74, 6) is -0.316. The van der Waals surface area contributed by atoms with E-state index in [1.54, 1.807) is 36.4 Å². The van der Waals surface area contributed by atoms with Gasteiger partial charge in [0.25, 0.3) is 11.1 Å². The normalized spacial score (nSPS) is 16.5. The van der Waals surface area contributed by atoms with Gasteiger partial charge in [0.15, 0.2) is 5.78 Å². The van der Waals surface area contributed by atoms with Crippen LogP contribution in [0.1, 0.15) is 30.0 Å². The topological polar surface area (TPSA) is 93.9 Å². The quantitative estimate of drug-likeness (QED) is 0.429. The molecule has 7 nitrogen and oxygen atoms in total. The first kappa shape index (κ1) is 19.6. The molecule has 144 valence electrons. The molecule has 0 aliphatic carbocycles. The highest BCUT2D eigenvalue weighted by Gasteiger charge is 2.41. The molecule has 0 N–H and O–H groups in total. The van der Waals surface area contributed by atoms with E-state index in [4.69, 9.17) is 4.42 Å². The van der Waals surface area contributed by atoms with Crippen LogP contribution in [0.5, 0.6) is 0 Å². The van der Waals surface area contributed by atoms with E-state index in [1.165, 1.54) is 27.0 Å². The molecule has 1 saturated heterocycles. The van der Waals surface area contributed by atoms with Crippen LogP contribution < -0.4 is 0 Å². The molecule has 1 aliphatic heterocycles. The van der Waals surface area contributed by atoms with Crippen LogP contribution in [-0.2, 0) is 14.3 Å². The first-order valence-corrected chi connectivity index (χ1v) is 9.19. The van der Waals surface area contributed by atoms with E-state index in [9.17, 15) is 19.2 Å². The second-order valence-electron chi connectivity index (χ2n) is 6.09. The number of carbonyl (C=O) groups is 4. The molecule has 1 aliphatic rings. The lowest BCUT2D eigenvalue weighted by Crippen LogP contribution is -2.42. The van der Waals surface area contributed by atoms with Crippen LogP contribution in [0, 0.1) is 0 Å². The highest BCUT2D eigenvalue weighted by Crippen LogP contribution is 2.34. The fourth-order valence-electron chi connectivity index (χ4n) is 2.67. The second kappa shape index (κ2) is 7.85. The molecule has 2 aromatic rings. The van der Waals surface area contributed by atoms with Crippen LogP contribution in [0.4, 0.5) is 4.79 Å². The van der Waals surface area contributed by atoms with Gasteiger partial charge in [0.2, 0.25) is 0 Å². The van der Waals surface area contributed by atoms with Crippen molar-refractivity contribution >= 4 is 40.7 Å². The molecular weight excluding hydrogens is 382 g/mol. The highest BCUT2D eigenvalue weighted by molar-refractivity contribution is 8.18. The van der Waals surface area contributed by atoms with E-state index < -0.39 is 23.2 Å². The maximum absolute atomic E-state index is 12.5. The van der Waals surface area contributed by atoms with Crippen molar-refractivity contribution in [3.05, 3.63) is 52.6 Å². The van der Waals surface area contributed by atoms with E-state index in [2.05, 4.69) is 4.74 Å². The SMILES string of the molecule is COC(=O)[C@@H](C)N1C(=O)S/C(=C/c2ccc(-c3ccc(C(C)=O)cc3)o2)C1=O. The van der Waals surface area contributed by atoms with Gasteiger partial charge in [-0.15, -0.1) is 0 Å². The molecule has 8 heteroatoms. The van der Waals surface area contributed by atoms with Gasteiger partial charge in [-0.05, 0) is 37.7 Å². The van der Waals surface area contributed by atoms with Crippen molar-refractivity contribution in [1.82, 2.24) is 4.90 Å². The number of ketones is 1. The van der Waals surface area contributed by atoms with E-state index >= 15 is 0 Å². The lowest BCUT2D eigenvalue weighted by atomic mass is 10.1. The maximum atomic E-state index is 12.5. The standard InChI is InChI=1S/C20H17NO6S/c1-11(19(24)26-3)21-18(23)17(28-20(21)25)10-15-8-9-16(27-15)14-6-4-13(5-7-14)12(2)22/h4-11H,1-3H3/b17-10+/t11-/m1/s1. The van der Waals surface area contributed by atoms with Gasteiger partial charge in [0.05, 0.1) is 12.0 Å². The number of ether oxygens (including phenoxy) is 1. The van der Waals surface area contributed by atoms with Crippen LogP contribution >= 0.6 is 11.8 Å². The predicted molar refractivity (Wildman–Crippen MR) is 103 cm³/mol. The van der Waals surface area contributed by atoms with Crippen molar-refractivity contribution in [3.63, 3.8) is 0 Å². The summed E-state index contributed by atoms with van der Waals surface area (Å²) in [6, 6.07) is 9.35. The zero-order valence-electron chi connectivity index (χ0n) is 15.4. The Hall–Kier alpha value is -3.13. The predicted octanol–water partition coefficient (Wildman–Crippen LogP) is 3.75. The Morgan fingerprint density at radius 1 is 1.14 bits per heavy atom.